The first-order valence-corrected chi connectivity index (χ1v) is 25.6. The Bertz CT molecular complexity index is 1000. The van der Waals surface area contributed by atoms with Crippen molar-refractivity contribution >= 4 is 25.7 Å². The summed E-state index contributed by atoms with van der Waals surface area (Å²) in [6.45, 7) is 2.85. The van der Waals surface area contributed by atoms with Crippen LogP contribution >= 0.6 is 7.82 Å². The van der Waals surface area contributed by atoms with E-state index in [0.717, 1.165) is 38.5 Å². The van der Waals surface area contributed by atoms with Crippen LogP contribution in [0.5, 0.6) is 0 Å². The third-order valence-electron chi connectivity index (χ3n) is 10.9. The van der Waals surface area contributed by atoms with Crippen LogP contribution in [0.1, 0.15) is 245 Å². The van der Waals surface area contributed by atoms with Crippen LogP contribution in [0.2, 0.25) is 0 Å². The Hall–Kier alpha value is -1.52. The second kappa shape index (κ2) is 42.2. The zero-order valence-electron chi connectivity index (χ0n) is 37.4. The molecule has 0 rings (SSSR count). The minimum absolute atomic E-state index is 0.170. The Labute approximate surface area is 355 Å². The Balaban J connectivity index is 4.22. The number of aliphatic carboxylic acids is 1. The van der Waals surface area contributed by atoms with Gasteiger partial charge in [-0.05, 0) is 12.8 Å². The summed E-state index contributed by atoms with van der Waals surface area (Å²) in [5.41, 5.74) is 5.34. The number of carboxylic acid groups (broad SMARTS) is 1. The van der Waals surface area contributed by atoms with E-state index in [4.69, 9.17) is 24.8 Å². The van der Waals surface area contributed by atoms with Gasteiger partial charge >= 0.3 is 25.7 Å². The number of esters is 2. The highest BCUT2D eigenvalue weighted by molar-refractivity contribution is 7.47. The molecule has 0 fully saturated rings. The van der Waals surface area contributed by atoms with Gasteiger partial charge in [0.1, 0.15) is 12.6 Å². The van der Waals surface area contributed by atoms with Gasteiger partial charge in [-0.15, -0.1) is 0 Å². The van der Waals surface area contributed by atoms with Gasteiger partial charge in [-0.3, -0.25) is 23.4 Å². The molecule has 344 valence electrons. The predicted octanol–water partition coefficient (Wildman–Crippen LogP) is 13.1. The third-order valence-corrected chi connectivity index (χ3v) is 11.8. The molecule has 0 bridgehead atoms. The van der Waals surface area contributed by atoms with Crippen molar-refractivity contribution in [1.82, 2.24) is 0 Å². The number of carbonyl (C=O) groups excluding carboxylic acids is 2. The molecule has 0 saturated carbocycles. The van der Waals surface area contributed by atoms with E-state index in [0.29, 0.717) is 12.8 Å². The van der Waals surface area contributed by atoms with E-state index in [2.05, 4.69) is 18.4 Å². The van der Waals surface area contributed by atoms with E-state index in [1.165, 1.54) is 167 Å². The Morgan fingerprint density at radius 3 is 1.09 bits per heavy atom. The van der Waals surface area contributed by atoms with E-state index in [-0.39, 0.29) is 19.4 Å². The average Bonchev–Trinajstić information content (AvgIpc) is 3.20. The average molecular weight is 848 g/mol. The van der Waals surface area contributed by atoms with Crippen molar-refractivity contribution in [3.63, 3.8) is 0 Å². The van der Waals surface area contributed by atoms with Crippen molar-refractivity contribution in [3.05, 3.63) is 0 Å². The van der Waals surface area contributed by atoms with Crippen LogP contribution < -0.4 is 5.73 Å². The Kier molecular flexibility index (Phi) is 41.1. The van der Waals surface area contributed by atoms with Crippen LogP contribution in [-0.4, -0.2) is 59.9 Å². The van der Waals surface area contributed by atoms with Crippen molar-refractivity contribution in [3.8, 4) is 0 Å². The molecule has 0 radical (unpaired) electrons. The lowest BCUT2D eigenvalue weighted by molar-refractivity contribution is -0.161. The molecule has 0 aliphatic carbocycles. The molecule has 0 aromatic heterocycles. The van der Waals surface area contributed by atoms with Crippen LogP contribution in [0.4, 0.5) is 0 Å². The first-order valence-electron chi connectivity index (χ1n) is 24.1. The van der Waals surface area contributed by atoms with Crippen LogP contribution in [0.25, 0.3) is 0 Å². The second-order valence-electron chi connectivity index (χ2n) is 16.6. The highest BCUT2D eigenvalue weighted by Gasteiger charge is 2.28. The van der Waals surface area contributed by atoms with Gasteiger partial charge in [0.15, 0.2) is 6.10 Å². The van der Waals surface area contributed by atoms with E-state index in [9.17, 15) is 23.8 Å². The Morgan fingerprint density at radius 1 is 0.466 bits per heavy atom. The molecule has 0 saturated heterocycles. The summed E-state index contributed by atoms with van der Waals surface area (Å²) in [5.74, 6) is -2.35. The van der Waals surface area contributed by atoms with Crippen LogP contribution in [-0.2, 0) is 37.5 Å². The monoisotopic (exact) mass is 848 g/mol. The molecule has 0 aliphatic rings. The number of carbonyl (C=O) groups is 3. The summed E-state index contributed by atoms with van der Waals surface area (Å²) < 4.78 is 32.8. The fourth-order valence-corrected chi connectivity index (χ4v) is 7.85. The summed E-state index contributed by atoms with van der Waals surface area (Å²) in [6, 6.07) is -1.52. The minimum atomic E-state index is -4.71. The maximum atomic E-state index is 12.7. The van der Waals surface area contributed by atoms with Gasteiger partial charge in [-0.1, -0.05) is 219 Å². The van der Waals surface area contributed by atoms with E-state index >= 15 is 0 Å². The fourth-order valence-electron chi connectivity index (χ4n) is 7.07. The SMILES string of the molecule is CCCCCCCCCCCCCCCCCCCCCCC(=O)O[C@H](COC(=O)CCCCCCCCCCCCCCCC)COP(=O)(O)OC[C@H](N)C(=O)O. The molecule has 0 heterocycles. The topological polar surface area (TPSA) is 172 Å². The summed E-state index contributed by atoms with van der Waals surface area (Å²) >= 11 is 0. The van der Waals surface area contributed by atoms with E-state index in [1.54, 1.807) is 0 Å². The van der Waals surface area contributed by atoms with Crippen LogP contribution in [0.3, 0.4) is 0 Å². The van der Waals surface area contributed by atoms with Gasteiger partial charge in [0.05, 0.1) is 13.2 Å². The third kappa shape index (κ3) is 41.2. The second-order valence-corrected chi connectivity index (χ2v) is 18.1. The van der Waals surface area contributed by atoms with Gasteiger partial charge in [-0.25, -0.2) is 4.57 Å². The number of phosphoric acid groups is 1. The standard InChI is InChI=1S/C46H90NO10P/c1-3-5-7-9-11-13-15-17-19-20-21-22-23-24-26-28-30-32-34-36-38-45(49)57-42(40-55-58(52,53)56-41-43(47)46(50)51)39-54-44(48)37-35-33-31-29-27-25-18-16-14-12-10-8-6-4-2/h42-43H,3-41,47H2,1-2H3,(H,50,51)(H,52,53)/t42-,43+/m1/s1. The van der Waals surface area contributed by atoms with Crippen molar-refractivity contribution < 1.29 is 47.5 Å². The number of nitrogens with two attached hydrogens (primary N) is 1. The molecule has 0 aromatic carbocycles. The smallest absolute Gasteiger partial charge is 0.472 e. The number of hydrogen-bond acceptors (Lipinski definition) is 9. The molecular formula is C46H90NO10P. The lowest BCUT2D eigenvalue weighted by Gasteiger charge is -2.20. The maximum absolute atomic E-state index is 12.7. The van der Waals surface area contributed by atoms with E-state index < -0.39 is 51.1 Å². The zero-order valence-corrected chi connectivity index (χ0v) is 38.3. The van der Waals surface area contributed by atoms with Crippen molar-refractivity contribution in [2.45, 2.75) is 257 Å². The first kappa shape index (κ1) is 56.5. The highest BCUT2D eigenvalue weighted by atomic mass is 31.2. The molecule has 4 N–H and O–H groups in total. The van der Waals surface area contributed by atoms with Crippen molar-refractivity contribution in [2.75, 3.05) is 19.8 Å². The number of carboxylic acids is 1. The predicted molar refractivity (Wildman–Crippen MR) is 236 cm³/mol. The minimum Gasteiger partial charge on any atom is -0.480 e. The van der Waals surface area contributed by atoms with Crippen LogP contribution in [0, 0.1) is 0 Å². The molecular weight excluding hydrogens is 757 g/mol. The summed E-state index contributed by atoms with van der Waals surface area (Å²) in [4.78, 5) is 46.0. The molecule has 11 nitrogen and oxygen atoms in total. The number of rotatable bonds is 46. The molecule has 0 amide bonds. The zero-order chi connectivity index (χ0) is 42.8. The van der Waals surface area contributed by atoms with E-state index in [1.807, 2.05) is 0 Å². The van der Waals surface area contributed by atoms with Crippen molar-refractivity contribution in [1.29, 1.82) is 0 Å². The van der Waals surface area contributed by atoms with Gasteiger partial charge in [0.25, 0.3) is 0 Å². The number of ether oxygens (including phenoxy) is 2. The number of unbranched alkanes of at least 4 members (excludes halogenated alkanes) is 32. The molecule has 0 aliphatic heterocycles. The summed E-state index contributed by atoms with van der Waals surface area (Å²) in [7, 11) is -4.71. The lowest BCUT2D eigenvalue weighted by Crippen LogP contribution is -2.34. The molecule has 0 aromatic rings. The largest absolute Gasteiger partial charge is 0.480 e. The molecule has 12 heteroatoms. The molecule has 58 heavy (non-hydrogen) atoms. The maximum Gasteiger partial charge on any atom is 0.472 e. The molecule has 3 atom stereocenters. The molecule has 1 unspecified atom stereocenters. The number of hydrogen-bond donors (Lipinski definition) is 3. The summed E-state index contributed by atoms with van der Waals surface area (Å²) in [5, 5.41) is 8.90. The Morgan fingerprint density at radius 2 is 0.759 bits per heavy atom. The van der Waals surface area contributed by atoms with Gasteiger partial charge in [-0.2, -0.15) is 0 Å². The molecule has 0 spiro atoms. The van der Waals surface area contributed by atoms with Gasteiger partial charge in [0, 0.05) is 12.8 Å². The van der Waals surface area contributed by atoms with Crippen molar-refractivity contribution in [2.24, 2.45) is 5.73 Å². The number of phosphoric ester groups is 1. The quantitative estimate of drug-likeness (QED) is 0.0302. The fraction of sp³-hybridized carbons (Fsp3) is 0.935. The van der Waals surface area contributed by atoms with Gasteiger partial charge in [0.2, 0.25) is 0 Å². The normalized spacial score (nSPS) is 13.6. The highest BCUT2D eigenvalue weighted by Crippen LogP contribution is 2.43. The van der Waals surface area contributed by atoms with Gasteiger partial charge < -0.3 is 25.2 Å². The first-order chi connectivity index (χ1) is 28.1. The lowest BCUT2D eigenvalue weighted by atomic mass is 10.0. The summed E-state index contributed by atoms with van der Waals surface area (Å²) in [6.07, 6.45) is 41.6. The van der Waals surface area contributed by atoms with Crippen LogP contribution in [0.15, 0.2) is 0 Å².